The Morgan fingerprint density at radius 2 is 1.55 bits per heavy atom. The zero-order valence-corrected chi connectivity index (χ0v) is 13.2. The van der Waals surface area contributed by atoms with Crippen molar-refractivity contribution in [1.29, 1.82) is 0 Å². The number of rotatable bonds is 2. The second kappa shape index (κ2) is 5.76. The van der Waals surface area contributed by atoms with Crippen molar-refractivity contribution in [2.75, 3.05) is 0 Å². The zero-order valence-electron chi connectivity index (χ0n) is 13.2. The molecular weight excluding hydrogens is 272 g/mol. The third kappa shape index (κ3) is 2.80. The Balaban J connectivity index is 1.92. The van der Waals surface area contributed by atoms with Gasteiger partial charge in [0.2, 0.25) is 5.91 Å². The van der Waals surface area contributed by atoms with E-state index in [9.17, 15) is 4.79 Å². The van der Waals surface area contributed by atoms with Crippen molar-refractivity contribution in [3.63, 3.8) is 0 Å². The molecule has 1 atom stereocenters. The monoisotopic (exact) mass is 292 g/mol. The molecule has 2 aromatic rings. The summed E-state index contributed by atoms with van der Waals surface area (Å²) in [5, 5.41) is 6.18. The van der Waals surface area contributed by atoms with Crippen LogP contribution in [0.1, 0.15) is 41.6 Å². The third-order valence-electron chi connectivity index (χ3n) is 4.08. The van der Waals surface area contributed by atoms with Crippen molar-refractivity contribution >= 4 is 11.6 Å². The lowest BCUT2D eigenvalue weighted by atomic mass is 9.97. The van der Waals surface area contributed by atoms with E-state index >= 15 is 0 Å². The second-order valence-corrected chi connectivity index (χ2v) is 5.91. The van der Waals surface area contributed by atoms with Gasteiger partial charge in [0.05, 0.1) is 11.8 Å². The van der Waals surface area contributed by atoms with Gasteiger partial charge in [-0.15, -0.1) is 0 Å². The maximum Gasteiger partial charge on any atom is 0.240 e. The Bertz CT molecular complexity index is 714. The quantitative estimate of drug-likeness (QED) is 0.823. The van der Waals surface area contributed by atoms with E-state index in [0.717, 1.165) is 23.3 Å². The Hall–Kier alpha value is -2.42. The average Bonchev–Trinajstić information content (AvgIpc) is 2.94. The van der Waals surface area contributed by atoms with Crippen LogP contribution in [-0.4, -0.2) is 16.6 Å². The Kier molecular flexibility index (Phi) is 3.80. The number of hydrazone groups is 1. The summed E-state index contributed by atoms with van der Waals surface area (Å²) in [4.78, 5) is 11.9. The molecule has 3 rings (SSSR count). The van der Waals surface area contributed by atoms with Crippen LogP contribution in [-0.2, 0) is 4.79 Å². The molecule has 0 saturated carbocycles. The maximum absolute atomic E-state index is 11.9. The van der Waals surface area contributed by atoms with Crippen molar-refractivity contribution < 1.29 is 4.79 Å². The summed E-state index contributed by atoms with van der Waals surface area (Å²) in [5.41, 5.74) is 5.63. The normalized spacial score (nSPS) is 17.5. The number of amides is 1. The SMILES string of the molecule is CC(=O)N1N=C(c2ccc(C)cc2)CC1c1ccc(C)cc1. The first kappa shape index (κ1) is 14.5. The summed E-state index contributed by atoms with van der Waals surface area (Å²) in [6, 6.07) is 16.6. The molecule has 0 radical (unpaired) electrons. The minimum absolute atomic E-state index is 0.00518. The summed E-state index contributed by atoms with van der Waals surface area (Å²) in [7, 11) is 0. The van der Waals surface area contributed by atoms with Crippen molar-refractivity contribution in [3.05, 3.63) is 70.8 Å². The number of carbonyl (C=O) groups excluding carboxylic acids is 1. The second-order valence-electron chi connectivity index (χ2n) is 5.91. The molecule has 1 aliphatic rings. The van der Waals surface area contributed by atoms with Crippen LogP contribution in [0.3, 0.4) is 0 Å². The van der Waals surface area contributed by atoms with Gasteiger partial charge in [0.1, 0.15) is 0 Å². The Morgan fingerprint density at radius 1 is 1.00 bits per heavy atom. The molecule has 0 bridgehead atoms. The van der Waals surface area contributed by atoms with E-state index in [1.807, 2.05) is 0 Å². The van der Waals surface area contributed by atoms with Crippen LogP contribution < -0.4 is 0 Å². The van der Waals surface area contributed by atoms with Crippen LogP contribution in [0.15, 0.2) is 53.6 Å². The fraction of sp³-hybridized carbons (Fsp3) is 0.263. The number of benzene rings is 2. The number of aryl methyl sites for hydroxylation is 2. The summed E-state index contributed by atoms with van der Waals surface area (Å²) in [6.45, 7) is 5.70. The van der Waals surface area contributed by atoms with Gasteiger partial charge < -0.3 is 0 Å². The predicted octanol–water partition coefficient (Wildman–Crippen LogP) is 4.00. The largest absolute Gasteiger partial charge is 0.273 e. The molecule has 0 aromatic heterocycles. The van der Waals surface area contributed by atoms with Gasteiger partial charge in [-0.2, -0.15) is 5.10 Å². The molecule has 0 saturated heterocycles. The molecule has 1 aliphatic heterocycles. The van der Waals surface area contributed by atoms with E-state index in [0.29, 0.717) is 0 Å². The van der Waals surface area contributed by atoms with Gasteiger partial charge in [-0.1, -0.05) is 59.7 Å². The Morgan fingerprint density at radius 3 is 2.09 bits per heavy atom. The summed E-state index contributed by atoms with van der Waals surface area (Å²) >= 11 is 0. The Labute approximate surface area is 131 Å². The highest BCUT2D eigenvalue weighted by molar-refractivity contribution is 6.03. The fourth-order valence-electron chi connectivity index (χ4n) is 2.77. The van der Waals surface area contributed by atoms with Crippen molar-refractivity contribution in [1.82, 2.24) is 5.01 Å². The first-order chi connectivity index (χ1) is 10.5. The molecule has 0 N–H and O–H groups in total. The zero-order chi connectivity index (χ0) is 15.7. The van der Waals surface area contributed by atoms with E-state index in [1.165, 1.54) is 11.1 Å². The standard InChI is InChI=1S/C19H20N2O/c1-13-4-8-16(9-5-13)18-12-19(21(20-18)15(3)22)17-10-6-14(2)7-11-17/h4-11,19H,12H2,1-3H3. The molecule has 3 nitrogen and oxygen atoms in total. The lowest BCUT2D eigenvalue weighted by Crippen LogP contribution is -2.24. The lowest BCUT2D eigenvalue weighted by Gasteiger charge is -2.20. The highest BCUT2D eigenvalue weighted by atomic mass is 16.2. The lowest BCUT2D eigenvalue weighted by molar-refractivity contribution is -0.130. The molecule has 1 heterocycles. The predicted molar refractivity (Wildman–Crippen MR) is 88.8 cm³/mol. The van der Waals surface area contributed by atoms with Crippen molar-refractivity contribution in [2.45, 2.75) is 33.2 Å². The van der Waals surface area contributed by atoms with E-state index in [1.54, 1.807) is 11.9 Å². The number of nitrogens with zero attached hydrogens (tertiary/aromatic N) is 2. The van der Waals surface area contributed by atoms with Crippen LogP contribution >= 0.6 is 0 Å². The molecule has 22 heavy (non-hydrogen) atoms. The van der Waals surface area contributed by atoms with Crippen LogP contribution in [0.4, 0.5) is 0 Å². The first-order valence-electron chi connectivity index (χ1n) is 7.55. The molecule has 0 fully saturated rings. The highest BCUT2D eigenvalue weighted by Crippen LogP contribution is 2.32. The average molecular weight is 292 g/mol. The van der Waals surface area contributed by atoms with Gasteiger partial charge in [-0.3, -0.25) is 4.79 Å². The molecule has 1 amide bonds. The van der Waals surface area contributed by atoms with Gasteiger partial charge >= 0.3 is 0 Å². The van der Waals surface area contributed by atoms with E-state index in [2.05, 4.69) is 67.5 Å². The van der Waals surface area contributed by atoms with Gasteiger partial charge in [-0.05, 0) is 25.0 Å². The molecule has 0 spiro atoms. The molecule has 3 heteroatoms. The number of carbonyl (C=O) groups is 1. The van der Waals surface area contributed by atoms with Crippen LogP contribution in [0.2, 0.25) is 0 Å². The summed E-state index contributed by atoms with van der Waals surface area (Å²) < 4.78 is 0. The minimum atomic E-state index is -0.0207. The maximum atomic E-state index is 11.9. The molecular formula is C19H20N2O. The van der Waals surface area contributed by atoms with E-state index in [4.69, 9.17) is 0 Å². The number of hydrogen-bond acceptors (Lipinski definition) is 2. The van der Waals surface area contributed by atoms with Gasteiger partial charge in [0, 0.05) is 13.3 Å². The first-order valence-corrected chi connectivity index (χ1v) is 7.55. The highest BCUT2D eigenvalue weighted by Gasteiger charge is 2.31. The summed E-state index contributed by atoms with van der Waals surface area (Å²) in [6.07, 6.45) is 0.756. The van der Waals surface area contributed by atoms with Crippen LogP contribution in [0.25, 0.3) is 0 Å². The van der Waals surface area contributed by atoms with E-state index < -0.39 is 0 Å². The third-order valence-corrected chi connectivity index (χ3v) is 4.08. The fourth-order valence-corrected chi connectivity index (χ4v) is 2.77. The van der Waals surface area contributed by atoms with Gasteiger partial charge in [-0.25, -0.2) is 5.01 Å². The number of hydrogen-bond donors (Lipinski definition) is 0. The van der Waals surface area contributed by atoms with Crippen LogP contribution in [0, 0.1) is 13.8 Å². The van der Waals surface area contributed by atoms with E-state index in [-0.39, 0.29) is 11.9 Å². The molecule has 112 valence electrons. The minimum Gasteiger partial charge on any atom is -0.273 e. The molecule has 1 unspecified atom stereocenters. The molecule has 0 aliphatic carbocycles. The smallest absolute Gasteiger partial charge is 0.240 e. The van der Waals surface area contributed by atoms with Crippen molar-refractivity contribution in [2.24, 2.45) is 5.10 Å². The van der Waals surface area contributed by atoms with Gasteiger partial charge in [0.15, 0.2) is 0 Å². The van der Waals surface area contributed by atoms with Crippen molar-refractivity contribution in [3.8, 4) is 0 Å². The molecule has 2 aromatic carbocycles. The van der Waals surface area contributed by atoms with Crippen LogP contribution in [0.5, 0.6) is 0 Å². The van der Waals surface area contributed by atoms with Gasteiger partial charge in [0.25, 0.3) is 0 Å². The summed E-state index contributed by atoms with van der Waals surface area (Å²) in [5.74, 6) is -0.0207. The topological polar surface area (TPSA) is 32.7 Å².